The summed E-state index contributed by atoms with van der Waals surface area (Å²) in [5.41, 5.74) is 5.76. The van der Waals surface area contributed by atoms with Gasteiger partial charge in [-0.15, -0.1) is 0 Å². The van der Waals surface area contributed by atoms with Gasteiger partial charge in [0.05, 0.1) is 11.1 Å². The van der Waals surface area contributed by atoms with E-state index >= 15 is 0 Å². The molecule has 0 aliphatic carbocycles. The number of rotatable bonds is 3. The SMILES string of the molecule is Nc1cc(Cl)c(C(O)C(O)CBr)cn1. The van der Waals surface area contributed by atoms with Crippen LogP contribution in [0.15, 0.2) is 12.3 Å². The number of hydrogen-bond donors (Lipinski definition) is 3. The van der Waals surface area contributed by atoms with Crippen molar-refractivity contribution in [3.8, 4) is 0 Å². The van der Waals surface area contributed by atoms with Crippen LogP contribution in [0.3, 0.4) is 0 Å². The fraction of sp³-hybridized carbons (Fsp3) is 0.375. The van der Waals surface area contributed by atoms with Gasteiger partial charge in [0, 0.05) is 17.1 Å². The molecule has 0 aliphatic rings. The zero-order valence-electron chi connectivity index (χ0n) is 7.19. The molecule has 6 heteroatoms. The number of halogens is 2. The molecular weight excluding hydrogens is 271 g/mol. The van der Waals surface area contributed by atoms with Crippen LogP contribution in [0.1, 0.15) is 11.7 Å². The zero-order chi connectivity index (χ0) is 10.7. The lowest BCUT2D eigenvalue weighted by Crippen LogP contribution is -2.20. The number of aliphatic hydroxyl groups is 2. The summed E-state index contributed by atoms with van der Waals surface area (Å²) >= 11 is 8.87. The van der Waals surface area contributed by atoms with Crippen LogP contribution >= 0.6 is 27.5 Å². The van der Waals surface area contributed by atoms with Crippen molar-refractivity contribution in [1.82, 2.24) is 4.98 Å². The van der Waals surface area contributed by atoms with Gasteiger partial charge >= 0.3 is 0 Å². The van der Waals surface area contributed by atoms with Gasteiger partial charge in [-0.3, -0.25) is 0 Å². The fourth-order valence-electron chi connectivity index (χ4n) is 0.965. The fourth-order valence-corrected chi connectivity index (χ4v) is 1.59. The maximum Gasteiger partial charge on any atom is 0.124 e. The number of nitrogens with zero attached hydrogens (tertiary/aromatic N) is 1. The van der Waals surface area contributed by atoms with Gasteiger partial charge in [0.15, 0.2) is 0 Å². The van der Waals surface area contributed by atoms with E-state index in [0.29, 0.717) is 10.6 Å². The van der Waals surface area contributed by atoms with Crippen LogP contribution in [0.5, 0.6) is 0 Å². The lowest BCUT2D eigenvalue weighted by molar-refractivity contribution is 0.0341. The van der Waals surface area contributed by atoms with Crippen molar-refractivity contribution >= 4 is 33.3 Å². The van der Waals surface area contributed by atoms with Gasteiger partial charge in [0.2, 0.25) is 0 Å². The van der Waals surface area contributed by atoms with E-state index < -0.39 is 12.2 Å². The van der Waals surface area contributed by atoms with Crippen LogP contribution in [0, 0.1) is 0 Å². The number of anilines is 1. The highest BCUT2D eigenvalue weighted by molar-refractivity contribution is 9.09. The van der Waals surface area contributed by atoms with Crippen molar-refractivity contribution in [2.24, 2.45) is 0 Å². The van der Waals surface area contributed by atoms with E-state index in [1.54, 1.807) is 0 Å². The Morgan fingerprint density at radius 3 is 2.71 bits per heavy atom. The van der Waals surface area contributed by atoms with E-state index in [4.69, 9.17) is 17.3 Å². The first-order valence-corrected chi connectivity index (χ1v) is 5.39. The lowest BCUT2D eigenvalue weighted by atomic mass is 10.1. The van der Waals surface area contributed by atoms with Crippen molar-refractivity contribution in [2.75, 3.05) is 11.1 Å². The zero-order valence-corrected chi connectivity index (χ0v) is 9.53. The van der Waals surface area contributed by atoms with Crippen molar-refractivity contribution in [2.45, 2.75) is 12.2 Å². The second-order valence-electron chi connectivity index (χ2n) is 2.80. The molecule has 14 heavy (non-hydrogen) atoms. The molecule has 1 aromatic rings. The Balaban J connectivity index is 2.95. The third kappa shape index (κ3) is 2.57. The van der Waals surface area contributed by atoms with Crippen LogP contribution in [0.4, 0.5) is 5.82 Å². The molecule has 0 amide bonds. The largest absolute Gasteiger partial charge is 0.389 e. The van der Waals surface area contributed by atoms with Crippen LogP contribution in [-0.2, 0) is 0 Å². The Morgan fingerprint density at radius 1 is 1.57 bits per heavy atom. The van der Waals surface area contributed by atoms with Gasteiger partial charge in [-0.05, 0) is 6.07 Å². The first-order chi connectivity index (χ1) is 6.56. The molecule has 0 bridgehead atoms. The first-order valence-electron chi connectivity index (χ1n) is 3.89. The summed E-state index contributed by atoms with van der Waals surface area (Å²) in [6.07, 6.45) is -0.623. The van der Waals surface area contributed by atoms with Crippen LogP contribution in [-0.4, -0.2) is 26.6 Å². The Morgan fingerprint density at radius 2 is 2.21 bits per heavy atom. The molecule has 0 radical (unpaired) electrons. The molecule has 1 rings (SSSR count). The average molecular weight is 282 g/mol. The Kier molecular flexibility index (Phi) is 4.12. The number of aromatic nitrogens is 1. The highest BCUT2D eigenvalue weighted by Crippen LogP contribution is 2.26. The molecule has 0 aromatic carbocycles. The van der Waals surface area contributed by atoms with Gasteiger partial charge < -0.3 is 15.9 Å². The topological polar surface area (TPSA) is 79.4 Å². The van der Waals surface area contributed by atoms with Crippen molar-refractivity contribution in [3.05, 3.63) is 22.8 Å². The van der Waals surface area contributed by atoms with Gasteiger partial charge in [-0.25, -0.2) is 4.98 Å². The molecule has 0 aliphatic heterocycles. The maximum absolute atomic E-state index is 9.62. The molecule has 2 atom stereocenters. The summed E-state index contributed by atoms with van der Waals surface area (Å²) in [5.74, 6) is 0.277. The third-order valence-electron chi connectivity index (χ3n) is 1.74. The van der Waals surface area contributed by atoms with Crippen molar-refractivity contribution < 1.29 is 10.2 Å². The normalized spacial score (nSPS) is 15.1. The number of alkyl halides is 1. The minimum Gasteiger partial charge on any atom is -0.389 e. The second-order valence-corrected chi connectivity index (χ2v) is 3.85. The predicted molar refractivity (Wildman–Crippen MR) is 58.4 cm³/mol. The van der Waals surface area contributed by atoms with Gasteiger partial charge in [0.1, 0.15) is 11.9 Å². The summed E-state index contributed by atoms with van der Waals surface area (Å²) < 4.78 is 0. The highest BCUT2D eigenvalue weighted by Gasteiger charge is 2.20. The highest BCUT2D eigenvalue weighted by atomic mass is 79.9. The summed E-state index contributed by atoms with van der Waals surface area (Å²) in [4.78, 5) is 3.78. The van der Waals surface area contributed by atoms with E-state index in [9.17, 15) is 10.2 Å². The molecule has 0 saturated carbocycles. The Labute approximate surface area is 94.8 Å². The standard InChI is InChI=1S/C8H10BrClN2O2/c9-2-6(13)8(14)4-3-12-7(11)1-5(4)10/h1,3,6,8,13-14H,2H2,(H2,11,12). The van der Waals surface area contributed by atoms with E-state index in [1.807, 2.05) is 0 Å². The smallest absolute Gasteiger partial charge is 0.124 e. The average Bonchev–Trinajstić information content (AvgIpc) is 2.15. The van der Waals surface area contributed by atoms with Crippen LogP contribution < -0.4 is 5.73 Å². The lowest BCUT2D eigenvalue weighted by Gasteiger charge is -2.16. The number of nitrogens with two attached hydrogens (primary N) is 1. The van der Waals surface area contributed by atoms with Gasteiger partial charge in [0.25, 0.3) is 0 Å². The minimum atomic E-state index is -1.06. The molecule has 2 unspecified atom stereocenters. The van der Waals surface area contributed by atoms with Crippen LogP contribution in [0.2, 0.25) is 5.02 Å². The van der Waals surface area contributed by atoms with Gasteiger partial charge in [-0.1, -0.05) is 27.5 Å². The van der Waals surface area contributed by atoms with E-state index in [0.717, 1.165) is 0 Å². The predicted octanol–water partition coefficient (Wildman–Crippen LogP) is 1.11. The first kappa shape index (κ1) is 11.7. The van der Waals surface area contributed by atoms with Crippen molar-refractivity contribution in [1.29, 1.82) is 0 Å². The molecule has 1 heterocycles. The number of pyridine rings is 1. The second kappa shape index (κ2) is 4.93. The molecule has 1 aromatic heterocycles. The monoisotopic (exact) mass is 280 g/mol. The molecular formula is C8H10BrClN2O2. The summed E-state index contributed by atoms with van der Waals surface area (Å²) in [6, 6.07) is 1.43. The molecule has 4 N–H and O–H groups in total. The molecule has 78 valence electrons. The van der Waals surface area contributed by atoms with E-state index in [1.165, 1.54) is 12.3 Å². The summed E-state index contributed by atoms with van der Waals surface area (Å²) in [6.45, 7) is 0. The van der Waals surface area contributed by atoms with Crippen LogP contribution in [0.25, 0.3) is 0 Å². The third-order valence-corrected chi connectivity index (χ3v) is 2.73. The van der Waals surface area contributed by atoms with E-state index in [2.05, 4.69) is 20.9 Å². The van der Waals surface area contributed by atoms with Gasteiger partial charge in [-0.2, -0.15) is 0 Å². The summed E-state index contributed by atoms with van der Waals surface area (Å²) in [7, 11) is 0. The summed E-state index contributed by atoms with van der Waals surface area (Å²) in [5, 5.41) is 19.5. The quantitative estimate of drug-likeness (QED) is 0.725. The maximum atomic E-state index is 9.62. The number of nitrogen functional groups attached to an aromatic ring is 1. The molecule has 0 spiro atoms. The van der Waals surface area contributed by atoms with Crippen molar-refractivity contribution in [3.63, 3.8) is 0 Å². The molecule has 0 fully saturated rings. The molecule has 4 nitrogen and oxygen atoms in total. The minimum absolute atomic E-state index is 0.259. The molecule has 0 saturated heterocycles. The number of hydrogen-bond acceptors (Lipinski definition) is 4. The van der Waals surface area contributed by atoms with E-state index in [-0.39, 0.29) is 11.1 Å². The Bertz CT molecular complexity index is 324. The Hall–Kier alpha value is -0.360. The number of aliphatic hydroxyl groups excluding tert-OH is 2.